The molecule has 1 aliphatic heterocycles. The summed E-state index contributed by atoms with van der Waals surface area (Å²) in [6, 6.07) is 10.1. The Balaban J connectivity index is 1.83. The monoisotopic (exact) mass is 318 g/mol. The van der Waals surface area contributed by atoms with E-state index >= 15 is 0 Å². The Kier molecular flexibility index (Phi) is 7.06. The van der Waals surface area contributed by atoms with Crippen molar-refractivity contribution in [2.24, 2.45) is 11.8 Å². The highest BCUT2D eigenvalue weighted by Gasteiger charge is 2.28. The largest absolute Gasteiger partial charge is 0.396 e. The van der Waals surface area contributed by atoms with Crippen LogP contribution >= 0.6 is 0 Å². The summed E-state index contributed by atoms with van der Waals surface area (Å²) in [5.41, 5.74) is 1.18. The number of carbonyl (C=O) groups is 1. The Morgan fingerprint density at radius 3 is 2.74 bits per heavy atom. The van der Waals surface area contributed by atoms with E-state index in [2.05, 4.69) is 36.2 Å². The third-order valence-corrected chi connectivity index (χ3v) is 4.54. The number of likely N-dealkylation sites (tertiary alicyclic amines) is 1. The maximum Gasteiger partial charge on any atom is 0.224 e. The van der Waals surface area contributed by atoms with Crippen LogP contribution in [-0.4, -0.2) is 48.7 Å². The first-order chi connectivity index (χ1) is 11.1. The number of amides is 1. The number of hydrogen-bond donors (Lipinski definition) is 2. The molecule has 1 saturated heterocycles. The van der Waals surface area contributed by atoms with Crippen LogP contribution in [0.15, 0.2) is 30.3 Å². The van der Waals surface area contributed by atoms with E-state index < -0.39 is 0 Å². The van der Waals surface area contributed by atoms with E-state index in [0.29, 0.717) is 18.9 Å². The van der Waals surface area contributed by atoms with E-state index in [0.717, 1.165) is 26.1 Å². The minimum absolute atomic E-state index is 0.110. The minimum atomic E-state index is 0.110. The van der Waals surface area contributed by atoms with Gasteiger partial charge in [-0.05, 0) is 30.9 Å². The third kappa shape index (κ3) is 5.63. The van der Waals surface area contributed by atoms with Gasteiger partial charge in [-0.2, -0.15) is 0 Å². The Labute approximate surface area is 139 Å². The molecule has 0 spiro atoms. The Bertz CT molecular complexity index is 476. The molecule has 2 unspecified atom stereocenters. The zero-order valence-corrected chi connectivity index (χ0v) is 14.4. The number of nitrogens with zero attached hydrogens (tertiary/aromatic N) is 1. The highest BCUT2D eigenvalue weighted by atomic mass is 16.3. The molecule has 1 amide bonds. The van der Waals surface area contributed by atoms with Crippen LogP contribution in [0.4, 0.5) is 0 Å². The molecule has 4 heteroatoms. The van der Waals surface area contributed by atoms with E-state index in [-0.39, 0.29) is 24.3 Å². The second-order valence-electron chi connectivity index (χ2n) is 7.00. The molecule has 0 radical (unpaired) electrons. The van der Waals surface area contributed by atoms with Gasteiger partial charge in [-0.3, -0.25) is 4.79 Å². The van der Waals surface area contributed by atoms with Crippen molar-refractivity contribution in [2.75, 3.05) is 32.8 Å². The van der Waals surface area contributed by atoms with Gasteiger partial charge in [-0.15, -0.1) is 0 Å². The van der Waals surface area contributed by atoms with Gasteiger partial charge in [0.15, 0.2) is 0 Å². The van der Waals surface area contributed by atoms with Crippen molar-refractivity contribution < 1.29 is 9.90 Å². The Morgan fingerprint density at radius 1 is 1.35 bits per heavy atom. The molecule has 2 atom stereocenters. The van der Waals surface area contributed by atoms with Crippen LogP contribution < -0.4 is 5.32 Å². The maximum atomic E-state index is 12.4. The standard InChI is InChI=1S/C19H30N2O2/c1-15(2)13-21-10-8-18(14-21)19(23)20-12-17(9-11-22)16-6-4-3-5-7-16/h3-7,15,17-18,22H,8-14H2,1-2H3,(H,20,23). The number of nitrogens with one attached hydrogen (secondary N) is 1. The Morgan fingerprint density at radius 2 is 2.09 bits per heavy atom. The van der Waals surface area contributed by atoms with Crippen molar-refractivity contribution in [1.82, 2.24) is 10.2 Å². The van der Waals surface area contributed by atoms with E-state index in [4.69, 9.17) is 0 Å². The molecule has 128 valence electrons. The van der Waals surface area contributed by atoms with Crippen LogP contribution in [0.1, 0.15) is 38.2 Å². The molecule has 1 heterocycles. The van der Waals surface area contributed by atoms with E-state index in [1.54, 1.807) is 0 Å². The van der Waals surface area contributed by atoms with Crippen LogP contribution in [-0.2, 0) is 4.79 Å². The number of rotatable bonds is 8. The van der Waals surface area contributed by atoms with Gasteiger partial charge in [-0.1, -0.05) is 44.2 Å². The van der Waals surface area contributed by atoms with E-state index in [1.165, 1.54) is 5.56 Å². The SMILES string of the molecule is CC(C)CN1CCC(C(=O)NCC(CCO)c2ccccc2)C1. The molecule has 0 bridgehead atoms. The molecule has 0 aliphatic carbocycles. The smallest absolute Gasteiger partial charge is 0.224 e. The zero-order valence-electron chi connectivity index (χ0n) is 14.4. The molecule has 0 saturated carbocycles. The van der Waals surface area contributed by atoms with Crippen molar-refractivity contribution in [2.45, 2.75) is 32.6 Å². The summed E-state index contributed by atoms with van der Waals surface area (Å²) in [6.07, 6.45) is 1.63. The third-order valence-electron chi connectivity index (χ3n) is 4.54. The highest BCUT2D eigenvalue weighted by Crippen LogP contribution is 2.20. The molecule has 2 rings (SSSR count). The van der Waals surface area contributed by atoms with Gasteiger partial charge < -0.3 is 15.3 Å². The lowest BCUT2D eigenvalue weighted by molar-refractivity contribution is -0.124. The fraction of sp³-hybridized carbons (Fsp3) is 0.632. The highest BCUT2D eigenvalue weighted by molar-refractivity contribution is 5.79. The molecule has 1 aromatic rings. The summed E-state index contributed by atoms with van der Waals surface area (Å²) < 4.78 is 0. The second-order valence-corrected chi connectivity index (χ2v) is 7.00. The molecule has 1 fully saturated rings. The average molecular weight is 318 g/mol. The van der Waals surface area contributed by atoms with Gasteiger partial charge in [0.1, 0.15) is 0 Å². The number of benzene rings is 1. The van der Waals surface area contributed by atoms with Gasteiger partial charge in [0.25, 0.3) is 0 Å². The van der Waals surface area contributed by atoms with Crippen molar-refractivity contribution in [1.29, 1.82) is 0 Å². The van der Waals surface area contributed by atoms with Crippen molar-refractivity contribution in [3.05, 3.63) is 35.9 Å². The first-order valence-corrected chi connectivity index (χ1v) is 8.76. The number of aliphatic hydroxyl groups excluding tert-OH is 1. The summed E-state index contributed by atoms with van der Waals surface area (Å²) in [6.45, 7) is 8.14. The summed E-state index contributed by atoms with van der Waals surface area (Å²) >= 11 is 0. The molecule has 1 aromatic carbocycles. The van der Waals surface area contributed by atoms with Crippen LogP contribution in [0.3, 0.4) is 0 Å². The molecular formula is C19H30N2O2. The zero-order chi connectivity index (χ0) is 16.7. The molecule has 2 N–H and O–H groups in total. The minimum Gasteiger partial charge on any atom is -0.396 e. The first kappa shape index (κ1) is 18.0. The van der Waals surface area contributed by atoms with Crippen LogP contribution in [0.5, 0.6) is 0 Å². The molecular weight excluding hydrogens is 288 g/mol. The van der Waals surface area contributed by atoms with Gasteiger partial charge in [0.2, 0.25) is 5.91 Å². The lowest BCUT2D eigenvalue weighted by atomic mass is 9.95. The molecule has 4 nitrogen and oxygen atoms in total. The summed E-state index contributed by atoms with van der Waals surface area (Å²) in [7, 11) is 0. The van der Waals surface area contributed by atoms with E-state index in [9.17, 15) is 9.90 Å². The molecule has 23 heavy (non-hydrogen) atoms. The van der Waals surface area contributed by atoms with Crippen LogP contribution in [0, 0.1) is 11.8 Å². The normalized spacial score (nSPS) is 19.9. The first-order valence-electron chi connectivity index (χ1n) is 8.76. The van der Waals surface area contributed by atoms with Crippen molar-refractivity contribution in [3.63, 3.8) is 0 Å². The van der Waals surface area contributed by atoms with E-state index in [1.807, 2.05) is 18.2 Å². The second kappa shape index (κ2) is 9.04. The van der Waals surface area contributed by atoms with Gasteiger partial charge in [0.05, 0.1) is 5.92 Å². The Hall–Kier alpha value is -1.39. The van der Waals surface area contributed by atoms with Gasteiger partial charge >= 0.3 is 0 Å². The summed E-state index contributed by atoms with van der Waals surface area (Å²) in [5, 5.41) is 12.4. The van der Waals surface area contributed by atoms with Crippen molar-refractivity contribution in [3.8, 4) is 0 Å². The lowest BCUT2D eigenvalue weighted by Crippen LogP contribution is -2.36. The predicted octanol–water partition coefficient (Wildman–Crippen LogP) is 2.25. The van der Waals surface area contributed by atoms with Crippen LogP contribution in [0.25, 0.3) is 0 Å². The van der Waals surface area contributed by atoms with Gasteiger partial charge in [-0.25, -0.2) is 0 Å². The van der Waals surface area contributed by atoms with Crippen molar-refractivity contribution >= 4 is 5.91 Å². The fourth-order valence-corrected chi connectivity index (χ4v) is 3.36. The predicted molar refractivity (Wildman–Crippen MR) is 93.3 cm³/mol. The topological polar surface area (TPSA) is 52.6 Å². The van der Waals surface area contributed by atoms with Crippen LogP contribution in [0.2, 0.25) is 0 Å². The quantitative estimate of drug-likeness (QED) is 0.773. The fourth-order valence-electron chi connectivity index (χ4n) is 3.36. The average Bonchev–Trinajstić information content (AvgIpc) is 2.99. The molecule has 1 aliphatic rings. The summed E-state index contributed by atoms with van der Waals surface area (Å²) in [5.74, 6) is 1.09. The van der Waals surface area contributed by atoms with Gasteiger partial charge in [0, 0.05) is 32.2 Å². The molecule has 0 aromatic heterocycles. The maximum absolute atomic E-state index is 12.4. The number of hydrogen-bond acceptors (Lipinski definition) is 3. The lowest BCUT2D eigenvalue weighted by Gasteiger charge is -2.20. The number of carbonyl (C=O) groups excluding carboxylic acids is 1. The summed E-state index contributed by atoms with van der Waals surface area (Å²) in [4.78, 5) is 14.8. The number of aliphatic hydroxyl groups is 1.